The lowest BCUT2D eigenvalue weighted by atomic mass is 10.2. The van der Waals surface area contributed by atoms with Crippen LogP contribution in [0.3, 0.4) is 0 Å². The van der Waals surface area contributed by atoms with Gasteiger partial charge in [0, 0.05) is 16.5 Å². The Balaban J connectivity index is 3.00. The van der Waals surface area contributed by atoms with Gasteiger partial charge in [0.15, 0.2) is 0 Å². The van der Waals surface area contributed by atoms with Gasteiger partial charge < -0.3 is 10.1 Å². The predicted molar refractivity (Wildman–Crippen MR) is 65.3 cm³/mol. The molecule has 0 fully saturated rings. The molecule has 17 heavy (non-hydrogen) atoms. The number of carbonyl (C=O) groups excluding carboxylic acids is 1. The summed E-state index contributed by atoms with van der Waals surface area (Å²) in [5, 5.41) is 6.19. The Morgan fingerprint density at radius 2 is 2.24 bits per heavy atom. The van der Waals surface area contributed by atoms with E-state index in [4.69, 9.17) is 10.3 Å². The van der Waals surface area contributed by atoms with E-state index in [0.717, 1.165) is 0 Å². The number of nitrogens with one attached hydrogen (secondary N) is 1. The highest BCUT2D eigenvalue weighted by molar-refractivity contribution is 5.93. The standard InChI is InChI=1S/C11H14N4O2/c1-7(2)11(16)13-9-5-4-8(14-15-12)6-10(9)17-3/h4-7H,1-3H3,(H,13,16). The molecular formula is C11H14N4O2. The topological polar surface area (TPSA) is 87.1 Å². The van der Waals surface area contributed by atoms with Crippen LogP contribution in [0.1, 0.15) is 13.8 Å². The molecule has 1 aromatic rings. The summed E-state index contributed by atoms with van der Waals surface area (Å²) in [6.07, 6.45) is 0. The van der Waals surface area contributed by atoms with Crippen LogP contribution in [0, 0.1) is 5.92 Å². The lowest BCUT2D eigenvalue weighted by molar-refractivity contribution is -0.118. The third kappa shape index (κ3) is 3.39. The van der Waals surface area contributed by atoms with Crippen LogP contribution in [-0.4, -0.2) is 13.0 Å². The fraction of sp³-hybridized carbons (Fsp3) is 0.364. The molecule has 0 aliphatic carbocycles. The van der Waals surface area contributed by atoms with Gasteiger partial charge in [0.1, 0.15) is 5.75 Å². The molecule has 0 atom stereocenters. The smallest absolute Gasteiger partial charge is 0.227 e. The number of carbonyl (C=O) groups is 1. The van der Waals surface area contributed by atoms with Gasteiger partial charge >= 0.3 is 0 Å². The van der Waals surface area contributed by atoms with Crippen molar-refractivity contribution in [3.8, 4) is 5.75 Å². The Hall–Kier alpha value is -2.20. The van der Waals surface area contributed by atoms with Crippen LogP contribution in [0.2, 0.25) is 0 Å². The highest BCUT2D eigenvalue weighted by atomic mass is 16.5. The molecule has 0 spiro atoms. The summed E-state index contributed by atoms with van der Waals surface area (Å²) in [5.41, 5.74) is 9.31. The number of benzene rings is 1. The number of azide groups is 1. The van der Waals surface area contributed by atoms with Crippen molar-refractivity contribution in [2.24, 2.45) is 11.0 Å². The first-order chi connectivity index (χ1) is 8.08. The lowest BCUT2D eigenvalue weighted by Gasteiger charge is -2.12. The second-order valence-electron chi connectivity index (χ2n) is 3.72. The van der Waals surface area contributed by atoms with E-state index < -0.39 is 0 Å². The highest BCUT2D eigenvalue weighted by Crippen LogP contribution is 2.29. The van der Waals surface area contributed by atoms with Crippen LogP contribution in [0.15, 0.2) is 23.3 Å². The van der Waals surface area contributed by atoms with Crippen molar-refractivity contribution in [2.45, 2.75) is 13.8 Å². The molecule has 0 aromatic heterocycles. The normalized spacial score (nSPS) is 9.65. The van der Waals surface area contributed by atoms with E-state index in [2.05, 4.69) is 15.3 Å². The van der Waals surface area contributed by atoms with Gasteiger partial charge in [-0.1, -0.05) is 25.0 Å². The average molecular weight is 234 g/mol. The molecule has 0 saturated heterocycles. The van der Waals surface area contributed by atoms with Crippen molar-refractivity contribution in [2.75, 3.05) is 12.4 Å². The van der Waals surface area contributed by atoms with Gasteiger partial charge in [0.2, 0.25) is 5.91 Å². The minimum Gasteiger partial charge on any atom is -0.495 e. The molecule has 0 radical (unpaired) electrons. The zero-order valence-corrected chi connectivity index (χ0v) is 9.97. The van der Waals surface area contributed by atoms with E-state index in [1.807, 2.05) is 0 Å². The number of rotatable bonds is 4. The number of methoxy groups -OCH3 is 1. The van der Waals surface area contributed by atoms with Crippen LogP contribution in [0.4, 0.5) is 11.4 Å². The maximum atomic E-state index is 11.5. The molecule has 6 nitrogen and oxygen atoms in total. The molecule has 0 heterocycles. The van der Waals surface area contributed by atoms with Crippen LogP contribution in [-0.2, 0) is 4.79 Å². The van der Waals surface area contributed by atoms with Crippen molar-refractivity contribution >= 4 is 17.3 Å². The molecule has 0 aliphatic rings. The Morgan fingerprint density at radius 3 is 2.76 bits per heavy atom. The largest absolute Gasteiger partial charge is 0.495 e. The van der Waals surface area contributed by atoms with Gasteiger partial charge in [-0.15, -0.1) is 0 Å². The summed E-state index contributed by atoms with van der Waals surface area (Å²) in [6, 6.07) is 4.82. The van der Waals surface area contributed by atoms with Crippen molar-refractivity contribution in [3.63, 3.8) is 0 Å². The van der Waals surface area contributed by atoms with Crippen molar-refractivity contribution < 1.29 is 9.53 Å². The first-order valence-electron chi connectivity index (χ1n) is 5.12. The monoisotopic (exact) mass is 234 g/mol. The molecular weight excluding hydrogens is 220 g/mol. The third-order valence-electron chi connectivity index (χ3n) is 2.13. The Bertz CT molecular complexity index is 465. The van der Waals surface area contributed by atoms with E-state index in [9.17, 15) is 4.79 Å². The van der Waals surface area contributed by atoms with Crippen LogP contribution < -0.4 is 10.1 Å². The first kappa shape index (κ1) is 12.9. The number of hydrogen-bond donors (Lipinski definition) is 1. The maximum absolute atomic E-state index is 11.5. The number of nitrogens with zero attached hydrogens (tertiary/aromatic N) is 3. The number of hydrogen-bond acceptors (Lipinski definition) is 3. The first-order valence-corrected chi connectivity index (χ1v) is 5.12. The second kappa shape index (κ2) is 5.77. The van der Waals surface area contributed by atoms with Crippen LogP contribution in [0.5, 0.6) is 5.75 Å². The predicted octanol–water partition coefficient (Wildman–Crippen LogP) is 3.23. The molecule has 1 rings (SSSR count). The molecule has 0 bridgehead atoms. The quantitative estimate of drug-likeness (QED) is 0.492. The van der Waals surface area contributed by atoms with Crippen molar-refractivity contribution in [1.82, 2.24) is 0 Å². The molecule has 0 aliphatic heterocycles. The molecule has 90 valence electrons. The molecule has 0 unspecified atom stereocenters. The van der Waals surface area contributed by atoms with Gasteiger partial charge in [-0.25, -0.2) is 0 Å². The number of anilines is 1. The highest BCUT2D eigenvalue weighted by Gasteiger charge is 2.10. The molecule has 1 N–H and O–H groups in total. The van der Waals surface area contributed by atoms with Crippen molar-refractivity contribution in [3.05, 3.63) is 28.6 Å². The summed E-state index contributed by atoms with van der Waals surface area (Å²) >= 11 is 0. The Morgan fingerprint density at radius 1 is 1.53 bits per heavy atom. The van der Waals surface area contributed by atoms with Gasteiger partial charge in [-0.05, 0) is 17.7 Å². The molecule has 6 heteroatoms. The lowest BCUT2D eigenvalue weighted by Crippen LogP contribution is -2.18. The van der Waals surface area contributed by atoms with E-state index in [1.54, 1.807) is 32.0 Å². The summed E-state index contributed by atoms with van der Waals surface area (Å²) in [5.74, 6) is 0.250. The van der Waals surface area contributed by atoms with E-state index in [1.165, 1.54) is 7.11 Å². The fourth-order valence-corrected chi connectivity index (χ4v) is 1.17. The van der Waals surface area contributed by atoms with Gasteiger partial charge in [-0.3, -0.25) is 4.79 Å². The maximum Gasteiger partial charge on any atom is 0.227 e. The van der Waals surface area contributed by atoms with Crippen LogP contribution >= 0.6 is 0 Å². The minimum atomic E-state index is -0.114. The molecule has 1 aromatic carbocycles. The average Bonchev–Trinajstić information content (AvgIpc) is 2.31. The SMILES string of the molecule is COc1cc(N=[N+]=[N-])ccc1NC(=O)C(C)C. The summed E-state index contributed by atoms with van der Waals surface area (Å²) in [7, 11) is 1.49. The summed E-state index contributed by atoms with van der Waals surface area (Å²) in [4.78, 5) is 14.2. The summed E-state index contributed by atoms with van der Waals surface area (Å²) in [6.45, 7) is 3.60. The third-order valence-corrected chi connectivity index (χ3v) is 2.13. The minimum absolute atomic E-state index is 0.0974. The fourth-order valence-electron chi connectivity index (χ4n) is 1.17. The molecule has 0 saturated carbocycles. The van der Waals surface area contributed by atoms with Gasteiger partial charge in [-0.2, -0.15) is 0 Å². The zero-order chi connectivity index (χ0) is 12.8. The summed E-state index contributed by atoms with van der Waals surface area (Å²) < 4.78 is 5.11. The van der Waals surface area contributed by atoms with Gasteiger partial charge in [0.05, 0.1) is 12.8 Å². The van der Waals surface area contributed by atoms with Gasteiger partial charge in [0.25, 0.3) is 0 Å². The Kier molecular flexibility index (Phi) is 4.37. The number of amides is 1. The van der Waals surface area contributed by atoms with E-state index in [0.29, 0.717) is 17.1 Å². The van der Waals surface area contributed by atoms with Crippen LogP contribution in [0.25, 0.3) is 10.4 Å². The second-order valence-corrected chi connectivity index (χ2v) is 3.72. The Labute approximate surface area is 99.2 Å². The van der Waals surface area contributed by atoms with Crippen molar-refractivity contribution in [1.29, 1.82) is 0 Å². The zero-order valence-electron chi connectivity index (χ0n) is 9.97. The molecule has 1 amide bonds. The van der Waals surface area contributed by atoms with E-state index >= 15 is 0 Å². The van der Waals surface area contributed by atoms with E-state index in [-0.39, 0.29) is 11.8 Å². The number of ether oxygens (including phenoxy) is 1.